The van der Waals surface area contributed by atoms with Crippen molar-refractivity contribution >= 4 is 23.2 Å². The highest BCUT2D eigenvalue weighted by Gasteiger charge is 2.16. The standard InChI is InChI=1S/C16H16Cl2/c1-12(10-13-6-5-9-15(17)11-13)16(18)14-7-3-2-4-8-14/h2-9,11-12,16H,10H2,1H3. The lowest BCUT2D eigenvalue weighted by atomic mass is 9.94. The van der Waals surface area contributed by atoms with Crippen molar-refractivity contribution in [2.24, 2.45) is 5.92 Å². The van der Waals surface area contributed by atoms with Gasteiger partial charge in [0, 0.05) is 5.02 Å². The number of alkyl halides is 1. The van der Waals surface area contributed by atoms with E-state index in [0.29, 0.717) is 5.92 Å². The molecule has 0 amide bonds. The Morgan fingerprint density at radius 1 is 1.00 bits per heavy atom. The Kier molecular flexibility index (Phi) is 4.68. The molecule has 2 aromatic carbocycles. The topological polar surface area (TPSA) is 0 Å². The van der Waals surface area contributed by atoms with Crippen LogP contribution in [0.15, 0.2) is 54.6 Å². The Hall–Kier alpha value is -0.980. The molecule has 18 heavy (non-hydrogen) atoms. The summed E-state index contributed by atoms with van der Waals surface area (Å²) in [7, 11) is 0. The van der Waals surface area contributed by atoms with Crippen LogP contribution in [0.2, 0.25) is 5.02 Å². The smallest absolute Gasteiger partial charge is 0.0613 e. The molecule has 0 nitrogen and oxygen atoms in total. The highest BCUT2D eigenvalue weighted by Crippen LogP contribution is 2.31. The van der Waals surface area contributed by atoms with E-state index in [-0.39, 0.29) is 5.38 Å². The third-order valence-electron chi connectivity index (χ3n) is 3.06. The largest absolute Gasteiger partial charge is 0.118 e. The lowest BCUT2D eigenvalue weighted by molar-refractivity contribution is 0.558. The molecule has 2 unspecified atom stereocenters. The molecular weight excluding hydrogens is 263 g/mol. The zero-order valence-electron chi connectivity index (χ0n) is 10.3. The Labute approximate surface area is 119 Å². The molecule has 94 valence electrons. The fourth-order valence-electron chi connectivity index (χ4n) is 2.10. The predicted octanol–water partition coefficient (Wildman–Crippen LogP) is 5.50. The van der Waals surface area contributed by atoms with E-state index in [1.165, 1.54) is 11.1 Å². The maximum absolute atomic E-state index is 6.51. The van der Waals surface area contributed by atoms with Gasteiger partial charge in [-0.25, -0.2) is 0 Å². The van der Waals surface area contributed by atoms with Crippen LogP contribution in [0, 0.1) is 5.92 Å². The van der Waals surface area contributed by atoms with Crippen molar-refractivity contribution in [1.82, 2.24) is 0 Å². The van der Waals surface area contributed by atoms with Gasteiger partial charge in [-0.2, -0.15) is 0 Å². The predicted molar refractivity (Wildman–Crippen MR) is 79.4 cm³/mol. The normalized spacial score (nSPS) is 14.2. The molecule has 0 saturated carbocycles. The molecule has 2 rings (SSSR count). The van der Waals surface area contributed by atoms with E-state index in [2.05, 4.69) is 25.1 Å². The summed E-state index contributed by atoms with van der Waals surface area (Å²) in [6.45, 7) is 2.17. The number of hydrogen-bond acceptors (Lipinski definition) is 0. The van der Waals surface area contributed by atoms with Crippen LogP contribution >= 0.6 is 23.2 Å². The van der Waals surface area contributed by atoms with Crippen molar-refractivity contribution in [3.63, 3.8) is 0 Å². The number of halogens is 2. The summed E-state index contributed by atoms with van der Waals surface area (Å²) in [5.41, 5.74) is 2.41. The molecule has 0 bridgehead atoms. The highest BCUT2D eigenvalue weighted by atomic mass is 35.5. The van der Waals surface area contributed by atoms with Crippen LogP contribution in [0.4, 0.5) is 0 Å². The summed E-state index contributed by atoms with van der Waals surface area (Å²) in [5, 5.41) is 0.815. The van der Waals surface area contributed by atoms with Gasteiger partial charge in [0.25, 0.3) is 0 Å². The van der Waals surface area contributed by atoms with Crippen molar-refractivity contribution in [3.8, 4) is 0 Å². The first-order chi connectivity index (χ1) is 8.66. The van der Waals surface area contributed by atoms with E-state index < -0.39 is 0 Å². The second-order valence-corrected chi connectivity index (χ2v) is 5.53. The first-order valence-corrected chi connectivity index (χ1v) is 6.91. The summed E-state index contributed by atoms with van der Waals surface area (Å²) in [6.07, 6.45) is 0.934. The van der Waals surface area contributed by atoms with Gasteiger partial charge in [-0.05, 0) is 35.6 Å². The third-order valence-corrected chi connectivity index (χ3v) is 3.98. The minimum absolute atomic E-state index is 0.0326. The monoisotopic (exact) mass is 278 g/mol. The molecule has 0 radical (unpaired) electrons. The van der Waals surface area contributed by atoms with Gasteiger partial charge in [-0.3, -0.25) is 0 Å². The van der Waals surface area contributed by atoms with Crippen molar-refractivity contribution in [1.29, 1.82) is 0 Å². The van der Waals surface area contributed by atoms with Gasteiger partial charge in [-0.1, -0.05) is 61.0 Å². The van der Waals surface area contributed by atoms with Gasteiger partial charge >= 0.3 is 0 Å². The van der Waals surface area contributed by atoms with Crippen LogP contribution < -0.4 is 0 Å². The minimum atomic E-state index is 0.0326. The molecule has 2 atom stereocenters. The lowest BCUT2D eigenvalue weighted by Crippen LogP contribution is -2.07. The van der Waals surface area contributed by atoms with Gasteiger partial charge in [-0.15, -0.1) is 11.6 Å². The third kappa shape index (κ3) is 3.51. The summed E-state index contributed by atoms with van der Waals surface area (Å²) in [4.78, 5) is 0. The summed E-state index contributed by atoms with van der Waals surface area (Å²) in [5.74, 6) is 0.368. The average Bonchev–Trinajstić information content (AvgIpc) is 2.39. The van der Waals surface area contributed by atoms with Crippen molar-refractivity contribution < 1.29 is 0 Å². The Bertz CT molecular complexity index is 493. The highest BCUT2D eigenvalue weighted by molar-refractivity contribution is 6.30. The van der Waals surface area contributed by atoms with Gasteiger partial charge in [0.05, 0.1) is 5.38 Å². The molecule has 0 spiro atoms. The Morgan fingerprint density at radius 3 is 2.39 bits per heavy atom. The second-order valence-electron chi connectivity index (χ2n) is 4.62. The number of benzene rings is 2. The van der Waals surface area contributed by atoms with Crippen molar-refractivity contribution in [3.05, 3.63) is 70.7 Å². The van der Waals surface area contributed by atoms with Gasteiger partial charge in [0.1, 0.15) is 0 Å². The molecule has 2 heteroatoms. The molecule has 0 N–H and O–H groups in total. The first kappa shape index (κ1) is 13.5. The van der Waals surface area contributed by atoms with Gasteiger partial charge < -0.3 is 0 Å². The van der Waals surface area contributed by atoms with E-state index in [0.717, 1.165) is 11.4 Å². The van der Waals surface area contributed by atoms with Crippen LogP contribution in [0.1, 0.15) is 23.4 Å². The fraction of sp³-hybridized carbons (Fsp3) is 0.250. The minimum Gasteiger partial charge on any atom is -0.118 e. The molecular formula is C16H16Cl2. The number of hydrogen-bond donors (Lipinski definition) is 0. The zero-order chi connectivity index (χ0) is 13.0. The maximum atomic E-state index is 6.51. The van der Waals surface area contributed by atoms with Gasteiger partial charge in [0.2, 0.25) is 0 Å². The Balaban J connectivity index is 2.06. The lowest BCUT2D eigenvalue weighted by Gasteiger charge is -2.18. The SMILES string of the molecule is CC(Cc1cccc(Cl)c1)C(Cl)c1ccccc1. The van der Waals surface area contributed by atoms with Crippen LogP contribution in [0.3, 0.4) is 0 Å². The van der Waals surface area contributed by atoms with E-state index >= 15 is 0 Å². The maximum Gasteiger partial charge on any atom is 0.0613 e. The molecule has 0 aromatic heterocycles. The van der Waals surface area contributed by atoms with E-state index in [9.17, 15) is 0 Å². The number of rotatable bonds is 4. The van der Waals surface area contributed by atoms with Crippen molar-refractivity contribution in [2.75, 3.05) is 0 Å². The van der Waals surface area contributed by atoms with Gasteiger partial charge in [0.15, 0.2) is 0 Å². The van der Waals surface area contributed by atoms with E-state index in [1.807, 2.05) is 36.4 Å². The average molecular weight is 279 g/mol. The zero-order valence-corrected chi connectivity index (χ0v) is 11.8. The second kappa shape index (κ2) is 6.26. The molecule has 2 aromatic rings. The summed E-state index contributed by atoms with van der Waals surface area (Å²) < 4.78 is 0. The molecule has 0 aliphatic carbocycles. The molecule has 0 aliphatic rings. The van der Waals surface area contributed by atoms with Crippen LogP contribution in [0.25, 0.3) is 0 Å². The van der Waals surface area contributed by atoms with Crippen LogP contribution in [0.5, 0.6) is 0 Å². The van der Waals surface area contributed by atoms with Crippen LogP contribution in [-0.4, -0.2) is 0 Å². The molecule has 0 aliphatic heterocycles. The summed E-state index contributed by atoms with van der Waals surface area (Å²) >= 11 is 12.5. The fourth-order valence-corrected chi connectivity index (χ4v) is 2.55. The molecule has 0 fully saturated rings. The molecule has 0 heterocycles. The van der Waals surface area contributed by atoms with Crippen molar-refractivity contribution in [2.45, 2.75) is 18.7 Å². The quantitative estimate of drug-likeness (QED) is 0.648. The molecule has 0 saturated heterocycles. The van der Waals surface area contributed by atoms with E-state index in [4.69, 9.17) is 23.2 Å². The first-order valence-electron chi connectivity index (χ1n) is 6.10. The summed E-state index contributed by atoms with van der Waals surface area (Å²) in [6, 6.07) is 18.2. The Morgan fingerprint density at radius 2 is 1.72 bits per heavy atom. The van der Waals surface area contributed by atoms with E-state index in [1.54, 1.807) is 0 Å². The van der Waals surface area contributed by atoms with Crippen LogP contribution in [-0.2, 0) is 6.42 Å².